The molecule has 1 N–H and O–H groups in total. The molecule has 1 amide bonds. The lowest BCUT2D eigenvalue weighted by molar-refractivity contribution is -0.115. The van der Waals surface area contributed by atoms with E-state index in [0.29, 0.717) is 0 Å². The second kappa shape index (κ2) is 8.10. The average Bonchev–Trinajstić information content (AvgIpc) is 2.61. The number of rotatable bonds is 8. The summed E-state index contributed by atoms with van der Waals surface area (Å²) in [5.74, 6) is 0.0537. The number of carbonyl (C=O) groups excluding carboxylic acids is 1. The monoisotopic (exact) mass is 235 g/mol. The van der Waals surface area contributed by atoms with Crippen molar-refractivity contribution in [3.8, 4) is 0 Å². The van der Waals surface area contributed by atoms with Crippen LogP contribution in [0.15, 0.2) is 23.9 Å². The average molecular weight is 235 g/mol. The minimum atomic E-state index is 0.0537. The van der Waals surface area contributed by atoms with Crippen LogP contribution in [-0.2, 0) is 4.79 Å². The normalized spacial score (nSPS) is 17.8. The Labute approximate surface area is 105 Å². The first-order valence-corrected chi connectivity index (χ1v) is 6.92. The third-order valence-corrected chi connectivity index (χ3v) is 3.18. The Morgan fingerprint density at radius 1 is 1.18 bits per heavy atom. The standard InChI is InChI=1S/C15H25NO/c1-3-4-5-6-7-8-9-10-11-14-12-13(2)16-15(14)17/h11H,2-10,12H2,1H3,(H,16,17)/b14-11+. The predicted octanol–water partition coefficient (Wildman–Crippen LogP) is 4.09. The van der Waals surface area contributed by atoms with Crippen LogP contribution < -0.4 is 5.32 Å². The van der Waals surface area contributed by atoms with Gasteiger partial charge in [0.25, 0.3) is 5.91 Å². The molecule has 1 rings (SSSR count). The summed E-state index contributed by atoms with van der Waals surface area (Å²) in [5.41, 5.74) is 1.74. The van der Waals surface area contributed by atoms with Gasteiger partial charge in [-0.1, -0.05) is 58.1 Å². The fraction of sp³-hybridized carbons (Fsp3) is 0.667. The Balaban J connectivity index is 2.02. The molecule has 0 aromatic carbocycles. The zero-order valence-electron chi connectivity index (χ0n) is 11.1. The molecule has 0 aliphatic carbocycles. The Hall–Kier alpha value is -1.05. The lowest BCUT2D eigenvalue weighted by atomic mass is 10.1. The smallest absolute Gasteiger partial charge is 0.251 e. The summed E-state index contributed by atoms with van der Waals surface area (Å²) < 4.78 is 0. The third-order valence-electron chi connectivity index (χ3n) is 3.18. The summed E-state index contributed by atoms with van der Waals surface area (Å²) in [6.07, 6.45) is 13.1. The first-order valence-electron chi connectivity index (χ1n) is 6.92. The number of unbranched alkanes of at least 4 members (excludes halogenated alkanes) is 7. The molecule has 0 radical (unpaired) electrons. The summed E-state index contributed by atoms with van der Waals surface area (Å²) >= 11 is 0. The second-order valence-corrected chi connectivity index (χ2v) is 4.87. The lowest BCUT2D eigenvalue weighted by Crippen LogP contribution is -2.12. The Bertz CT molecular complexity index is 291. The molecular weight excluding hydrogens is 210 g/mol. The largest absolute Gasteiger partial charge is 0.326 e. The van der Waals surface area contributed by atoms with Crippen LogP contribution in [-0.4, -0.2) is 5.91 Å². The van der Waals surface area contributed by atoms with Gasteiger partial charge in [-0.05, 0) is 12.8 Å². The summed E-state index contributed by atoms with van der Waals surface area (Å²) in [6.45, 7) is 6.01. The molecule has 2 nitrogen and oxygen atoms in total. The molecule has 17 heavy (non-hydrogen) atoms. The summed E-state index contributed by atoms with van der Waals surface area (Å²) in [6, 6.07) is 0. The van der Waals surface area contributed by atoms with Gasteiger partial charge in [0, 0.05) is 17.7 Å². The van der Waals surface area contributed by atoms with Crippen molar-refractivity contribution in [3.63, 3.8) is 0 Å². The van der Waals surface area contributed by atoms with Crippen LogP contribution in [0, 0.1) is 0 Å². The van der Waals surface area contributed by atoms with E-state index in [1.807, 2.05) is 0 Å². The number of hydrogen-bond acceptors (Lipinski definition) is 1. The lowest BCUT2D eigenvalue weighted by Gasteiger charge is -1.99. The maximum atomic E-state index is 11.4. The first kappa shape index (κ1) is 14.0. The van der Waals surface area contributed by atoms with Crippen molar-refractivity contribution in [2.45, 2.75) is 64.7 Å². The van der Waals surface area contributed by atoms with E-state index in [1.165, 1.54) is 44.9 Å². The summed E-state index contributed by atoms with van der Waals surface area (Å²) in [5, 5.41) is 2.74. The number of allylic oxidation sites excluding steroid dienone is 2. The highest BCUT2D eigenvalue weighted by Crippen LogP contribution is 2.17. The van der Waals surface area contributed by atoms with Crippen LogP contribution in [0.25, 0.3) is 0 Å². The van der Waals surface area contributed by atoms with Crippen molar-refractivity contribution in [3.05, 3.63) is 23.9 Å². The molecule has 1 fully saturated rings. The van der Waals surface area contributed by atoms with E-state index in [-0.39, 0.29) is 5.91 Å². The molecule has 1 aliphatic rings. The van der Waals surface area contributed by atoms with Gasteiger partial charge in [-0.25, -0.2) is 0 Å². The van der Waals surface area contributed by atoms with Gasteiger partial charge in [-0.3, -0.25) is 4.79 Å². The highest BCUT2D eigenvalue weighted by molar-refractivity contribution is 5.97. The SMILES string of the molecule is C=C1C/C(=C\CCCCCCCCC)C(=O)N1. The second-order valence-electron chi connectivity index (χ2n) is 4.87. The number of amides is 1. The molecule has 0 unspecified atom stereocenters. The fourth-order valence-electron chi connectivity index (χ4n) is 2.14. The van der Waals surface area contributed by atoms with Crippen LogP contribution in [0.1, 0.15) is 64.7 Å². The van der Waals surface area contributed by atoms with E-state index in [0.717, 1.165) is 24.1 Å². The van der Waals surface area contributed by atoms with Crippen molar-refractivity contribution < 1.29 is 4.79 Å². The van der Waals surface area contributed by atoms with Crippen molar-refractivity contribution in [1.82, 2.24) is 5.32 Å². The van der Waals surface area contributed by atoms with Crippen molar-refractivity contribution in [2.75, 3.05) is 0 Å². The highest BCUT2D eigenvalue weighted by atomic mass is 16.2. The Morgan fingerprint density at radius 2 is 1.82 bits per heavy atom. The molecule has 96 valence electrons. The topological polar surface area (TPSA) is 29.1 Å². The minimum absolute atomic E-state index is 0.0537. The molecule has 0 atom stereocenters. The van der Waals surface area contributed by atoms with Gasteiger partial charge in [0.1, 0.15) is 0 Å². The highest BCUT2D eigenvalue weighted by Gasteiger charge is 2.18. The maximum Gasteiger partial charge on any atom is 0.251 e. The Kier molecular flexibility index (Phi) is 6.68. The Morgan fingerprint density at radius 3 is 2.41 bits per heavy atom. The molecule has 0 saturated carbocycles. The molecule has 1 aliphatic heterocycles. The van der Waals surface area contributed by atoms with Gasteiger partial charge in [-0.2, -0.15) is 0 Å². The van der Waals surface area contributed by atoms with Crippen molar-refractivity contribution >= 4 is 5.91 Å². The molecular formula is C15H25NO. The van der Waals surface area contributed by atoms with E-state index in [2.05, 4.69) is 24.9 Å². The van der Waals surface area contributed by atoms with Gasteiger partial charge < -0.3 is 5.32 Å². The van der Waals surface area contributed by atoms with Crippen LogP contribution >= 0.6 is 0 Å². The van der Waals surface area contributed by atoms with E-state index in [4.69, 9.17) is 0 Å². The molecule has 0 aromatic rings. The minimum Gasteiger partial charge on any atom is -0.326 e. The number of nitrogens with one attached hydrogen (secondary N) is 1. The van der Waals surface area contributed by atoms with Crippen LogP contribution in [0.3, 0.4) is 0 Å². The van der Waals surface area contributed by atoms with Gasteiger partial charge in [0.15, 0.2) is 0 Å². The number of carbonyl (C=O) groups is 1. The van der Waals surface area contributed by atoms with Crippen molar-refractivity contribution in [2.24, 2.45) is 0 Å². The predicted molar refractivity (Wildman–Crippen MR) is 72.6 cm³/mol. The quantitative estimate of drug-likeness (QED) is 0.498. The third kappa shape index (κ3) is 5.71. The van der Waals surface area contributed by atoms with Gasteiger partial charge in [-0.15, -0.1) is 0 Å². The van der Waals surface area contributed by atoms with Crippen LogP contribution in [0.4, 0.5) is 0 Å². The van der Waals surface area contributed by atoms with E-state index in [1.54, 1.807) is 0 Å². The molecule has 1 heterocycles. The van der Waals surface area contributed by atoms with E-state index in [9.17, 15) is 4.79 Å². The van der Waals surface area contributed by atoms with E-state index >= 15 is 0 Å². The molecule has 2 heteroatoms. The molecule has 0 aromatic heterocycles. The molecule has 1 saturated heterocycles. The van der Waals surface area contributed by atoms with Crippen LogP contribution in [0.2, 0.25) is 0 Å². The van der Waals surface area contributed by atoms with Crippen LogP contribution in [0.5, 0.6) is 0 Å². The zero-order chi connectivity index (χ0) is 12.5. The maximum absolute atomic E-state index is 11.4. The molecule has 0 spiro atoms. The summed E-state index contributed by atoms with van der Waals surface area (Å²) in [4.78, 5) is 11.4. The first-order chi connectivity index (χ1) is 8.24. The molecule has 0 bridgehead atoms. The fourth-order valence-corrected chi connectivity index (χ4v) is 2.14. The zero-order valence-corrected chi connectivity index (χ0v) is 11.1. The summed E-state index contributed by atoms with van der Waals surface area (Å²) in [7, 11) is 0. The van der Waals surface area contributed by atoms with Gasteiger partial charge >= 0.3 is 0 Å². The number of hydrogen-bond donors (Lipinski definition) is 1. The van der Waals surface area contributed by atoms with E-state index < -0.39 is 0 Å². The van der Waals surface area contributed by atoms with Gasteiger partial charge in [0.05, 0.1) is 0 Å². The van der Waals surface area contributed by atoms with Gasteiger partial charge in [0.2, 0.25) is 0 Å². The van der Waals surface area contributed by atoms with Crippen molar-refractivity contribution in [1.29, 1.82) is 0 Å².